The van der Waals surface area contributed by atoms with Crippen LogP contribution in [-0.4, -0.2) is 11.1 Å². The maximum Gasteiger partial charge on any atom is 0.303 e. The zero-order valence-electron chi connectivity index (χ0n) is 16.2. The Hall–Kier alpha value is -0.530. The van der Waals surface area contributed by atoms with Crippen molar-refractivity contribution in [2.24, 2.45) is 11.8 Å². The lowest BCUT2D eigenvalue weighted by atomic mass is 9.86. The third-order valence-corrected chi connectivity index (χ3v) is 5.96. The molecule has 1 saturated carbocycles. The molecule has 142 valence electrons. The Balaban J connectivity index is 1.95. The number of hydrogen-bond acceptors (Lipinski definition) is 1. The van der Waals surface area contributed by atoms with Crippen molar-refractivity contribution in [1.82, 2.24) is 0 Å². The quantitative estimate of drug-likeness (QED) is 0.298. The van der Waals surface area contributed by atoms with E-state index in [9.17, 15) is 4.79 Å². The second-order valence-corrected chi connectivity index (χ2v) is 8.06. The summed E-state index contributed by atoms with van der Waals surface area (Å²) in [5.41, 5.74) is 0. The molecular weight excluding hydrogens is 296 g/mol. The smallest absolute Gasteiger partial charge is 0.303 e. The molecule has 0 bridgehead atoms. The summed E-state index contributed by atoms with van der Waals surface area (Å²) in [5.74, 6) is 1.38. The van der Waals surface area contributed by atoms with Gasteiger partial charge in [-0.15, -0.1) is 0 Å². The Bertz CT molecular complexity index is 300. The van der Waals surface area contributed by atoms with E-state index >= 15 is 0 Å². The maximum absolute atomic E-state index is 10.5. The van der Waals surface area contributed by atoms with Gasteiger partial charge in [0.05, 0.1) is 0 Å². The van der Waals surface area contributed by atoms with E-state index in [4.69, 9.17) is 5.11 Å². The minimum atomic E-state index is -0.644. The summed E-state index contributed by atoms with van der Waals surface area (Å²) in [6, 6.07) is 0. The zero-order valence-corrected chi connectivity index (χ0v) is 16.2. The van der Waals surface area contributed by atoms with E-state index in [0.717, 1.165) is 24.7 Å². The molecule has 0 amide bonds. The molecule has 0 aromatic carbocycles. The summed E-state index contributed by atoms with van der Waals surface area (Å²) in [6.45, 7) is 2.29. The molecule has 1 fully saturated rings. The molecule has 0 aliphatic heterocycles. The lowest BCUT2D eigenvalue weighted by molar-refractivity contribution is -0.137. The normalized spacial score (nSPS) is 20.5. The molecule has 0 saturated heterocycles. The van der Waals surface area contributed by atoms with Crippen molar-refractivity contribution in [2.45, 2.75) is 122 Å². The predicted molar refractivity (Wildman–Crippen MR) is 103 cm³/mol. The lowest BCUT2D eigenvalue weighted by Crippen LogP contribution is -2.08. The number of carboxylic acid groups (broad SMARTS) is 1. The average Bonchev–Trinajstić information content (AvgIpc) is 3.00. The minimum Gasteiger partial charge on any atom is -0.481 e. The summed E-state index contributed by atoms with van der Waals surface area (Å²) < 4.78 is 0. The molecule has 0 radical (unpaired) electrons. The van der Waals surface area contributed by atoms with Crippen molar-refractivity contribution in [1.29, 1.82) is 0 Å². The SMILES string of the molecule is CCCCCCCCCC1CCCC1CCCCCCCC(=O)O. The van der Waals surface area contributed by atoms with Crippen LogP contribution in [0.3, 0.4) is 0 Å². The molecule has 2 nitrogen and oxygen atoms in total. The van der Waals surface area contributed by atoms with Gasteiger partial charge in [-0.2, -0.15) is 0 Å². The van der Waals surface area contributed by atoms with Crippen LogP contribution in [0.25, 0.3) is 0 Å². The average molecular weight is 339 g/mol. The third-order valence-electron chi connectivity index (χ3n) is 5.96. The fourth-order valence-corrected chi connectivity index (χ4v) is 4.45. The molecule has 1 aliphatic carbocycles. The number of carboxylic acids is 1. The topological polar surface area (TPSA) is 37.3 Å². The maximum atomic E-state index is 10.5. The van der Waals surface area contributed by atoms with Gasteiger partial charge in [0.25, 0.3) is 0 Å². The van der Waals surface area contributed by atoms with Crippen molar-refractivity contribution < 1.29 is 9.90 Å². The fourth-order valence-electron chi connectivity index (χ4n) is 4.45. The van der Waals surface area contributed by atoms with Crippen LogP contribution in [0.5, 0.6) is 0 Å². The summed E-state index contributed by atoms with van der Waals surface area (Å²) >= 11 is 0. The van der Waals surface area contributed by atoms with Gasteiger partial charge in [0.15, 0.2) is 0 Å². The monoisotopic (exact) mass is 338 g/mol. The van der Waals surface area contributed by atoms with Crippen LogP contribution in [0.4, 0.5) is 0 Å². The van der Waals surface area contributed by atoms with Crippen LogP contribution in [0.2, 0.25) is 0 Å². The highest BCUT2D eigenvalue weighted by molar-refractivity contribution is 5.66. The molecule has 0 aromatic rings. The van der Waals surface area contributed by atoms with Crippen molar-refractivity contribution in [2.75, 3.05) is 0 Å². The molecule has 24 heavy (non-hydrogen) atoms. The number of rotatable bonds is 16. The molecule has 0 spiro atoms. The van der Waals surface area contributed by atoms with Gasteiger partial charge in [-0.3, -0.25) is 4.79 Å². The van der Waals surface area contributed by atoms with Crippen LogP contribution in [0, 0.1) is 11.8 Å². The van der Waals surface area contributed by atoms with Gasteiger partial charge in [-0.1, -0.05) is 110 Å². The van der Waals surface area contributed by atoms with Crippen molar-refractivity contribution in [3.05, 3.63) is 0 Å². The predicted octanol–water partition coefficient (Wildman–Crippen LogP) is 7.36. The third kappa shape index (κ3) is 11.1. The molecule has 2 unspecified atom stereocenters. The Labute approximate surface area is 150 Å². The number of hydrogen-bond donors (Lipinski definition) is 1. The molecule has 2 heteroatoms. The van der Waals surface area contributed by atoms with Gasteiger partial charge >= 0.3 is 5.97 Å². The first-order valence-corrected chi connectivity index (χ1v) is 11.0. The Kier molecular flexibility index (Phi) is 13.3. The number of carbonyl (C=O) groups is 1. The molecule has 0 heterocycles. The summed E-state index contributed by atoms with van der Waals surface area (Å²) in [6.07, 6.45) is 23.6. The van der Waals surface area contributed by atoms with Crippen LogP contribution < -0.4 is 0 Å². The van der Waals surface area contributed by atoms with Crippen molar-refractivity contribution in [3.63, 3.8) is 0 Å². The van der Waals surface area contributed by atoms with Crippen LogP contribution in [0.15, 0.2) is 0 Å². The zero-order chi connectivity index (χ0) is 17.5. The molecular formula is C22H42O2. The van der Waals surface area contributed by atoms with E-state index in [1.807, 2.05) is 0 Å². The van der Waals surface area contributed by atoms with Gasteiger partial charge in [0.2, 0.25) is 0 Å². The van der Waals surface area contributed by atoms with E-state index < -0.39 is 5.97 Å². The second kappa shape index (κ2) is 14.8. The van der Waals surface area contributed by atoms with E-state index in [2.05, 4.69) is 6.92 Å². The first-order chi connectivity index (χ1) is 11.7. The molecule has 1 N–H and O–H groups in total. The largest absolute Gasteiger partial charge is 0.481 e. The molecule has 2 atom stereocenters. The van der Waals surface area contributed by atoms with Crippen LogP contribution in [-0.2, 0) is 4.79 Å². The number of unbranched alkanes of at least 4 members (excludes halogenated alkanes) is 10. The Morgan fingerprint density at radius 2 is 1.21 bits per heavy atom. The van der Waals surface area contributed by atoms with E-state index in [-0.39, 0.29) is 0 Å². The van der Waals surface area contributed by atoms with E-state index in [1.54, 1.807) is 0 Å². The van der Waals surface area contributed by atoms with Gasteiger partial charge < -0.3 is 5.11 Å². The first-order valence-electron chi connectivity index (χ1n) is 11.0. The highest BCUT2D eigenvalue weighted by Crippen LogP contribution is 2.38. The van der Waals surface area contributed by atoms with Crippen molar-refractivity contribution in [3.8, 4) is 0 Å². The molecule has 1 rings (SSSR count). The van der Waals surface area contributed by atoms with E-state index in [0.29, 0.717) is 6.42 Å². The van der Waals surface area contributed by atoms with Crippen LogP contribution >= 0.6 is 0 Å². The standard InChI is InChI=1S/C22H42O2/c1-2-3-4-5-6-8-11-15-20-17-14-18-21(20)16-12-9-7-10-13-19-22(23)24/h20-21H,2-19H2,1H3,(H,23,24). The Morgan fingerprint density at radius 1 is 0.750 bits per heavy atom. The highest BCUT2D eigenvalue weighted by Gasteiger charge is 2.25. The van der Waals surface area contributed by atoms with Gasteiger partial charge in [-0.25, -0.2) is 0 Å². The second-order valence-electron chi connectivity index (χ2n) is 8.06. The van der Waals surface area contributed by atoms with Crippen molar-refractivity contribution >= 4 is 5.97 Å². The van der Waals surface area contributed by atoms with Gasteiger partial charge in [0.1, 0.15) is 0 Å². The molecule has 0 aromatic heterocycles. The molecule has 1 aliphatic rings. The fraction of sp³-hybridized carbons (Fsp3) is 0.955. The lowest BCUT2D eigenvalue weighted by Gasteiger charge is -2.19. The van der Waals surface area contributed by atoms with Crippen LogP contribution in [0.1, 0.15) is 122 Å². The van der Waals surface area contributed by atoms with Gasteiger partial charge in [0, 0.05) is 6.42 Å². The number of aliphatic carboxylic acids is 1. The van der Waals surface area contributed by atoms with Gasteiger partial charge in [-0.05, 0) is 18.3 Å². The Morgan fingerprint density at radius 3 is 1.71 bits per heavy atom. The summed E-state index contributed by atoms with van der Waals surface area (Å²) in [7, 11) is 0. The summed E-state index contributed by atoms with van der Waals surface area (Å²) in [5, 5.41) is 8.63. The van der Waals surface area contributed by atoms with E-state index in [1.165, 1.54) is 96.3 Å². The first kappa shape index (κ1) is 21.5. The highest BCUT2D eigenvalue weighted by atomic mass is 16.4. The summed E-state index contributed by atoms with van der Waals surface area (Å²) in [4.78, 5) is 10.5. The minimum absolute atomic E-state index is 0.350.